The predicted molar refractivity (Wildman–Crippen MR) is 60.3 cm³/mol. The van der Waals surface area contributed by atoms with Crippen molar-refractivity contribution in [1.29, 1.82) is 0 Å². The fourth-order valence-electron chi connectivity index (χ4n) is 3.79. The Morgan fingerprint density at radius 3 is 2.33 bits per heavy atom. The first-order valence-corrected chi connectivity index (χ1v) is 8.25. The maximum Gasteiger partial charge on any atom is 0.238 e. The summed E-state index contributed by atoms with van der Waals surface area (Å²) >= 11 is 0. The Hall–Kier alpha value is 0.240. The molecule has 3 rings (SSSR count). The van der Waals surface area contributed by atoms with E-state index in [1.54, 1.807) is 0 Å². The summed E-state index contributed by atoms with van der Waals surface area (Å²) in [5.74, 6) is 2.36. The van der Waals surface area contributed by atoms with Crippen molar-refractivity contribution in [3.05, 3.63) is 0 Å². The normalized spacial score (nSPS) is 42.1. The second kappa shape index (κ2) is 3.13. The topological polar surface area (TPSA) is 34.1 Å². The van der Waals surface area contributed by atoms with E-state index in [9.17, 15) is 8.42 Å². The second-order valence-corrected chi connectivity index (χ2v) is 8.72. The first-order chi connectivity index (χ1) is 7.00. The molecule has 2 bridgehead atoms. The lowest BCUT2D eigenvalue weighted by Crippen LogP contribution is -2.24. The number of halogens is 1. The smallest absolute Gasteiger partial charge is 0.212 e. The highest BCUT2D eigenvalue weighted by Gasteiger charge is 2.56. The van der Waals surface area contributed by atoms with E-state index in [1.807, 2.05) is 0 Å². The molecule has 0 heterocycles. The lowest BCUT2D eigenvalue weighted by Gasteiger charge is -2.24. The third kappa shape index (κ3) is 1.62. The third-order valence-corrected chi connectivity index (χ3v) is 7.43. The molecule has 3 unspecified atom stereocenters. The van der Waals surface area contributed by atoms with E-state index in [0.717, 1.165) is 31.1 Å². The molecule has 15 heavy (non-hydrogen) atoms. The van der Waals surface area contributed by atoms with E-state index in [2.05, 4.69) is 0 Å². The molecule has 0 N–H and O–H groups in total. The van der Waals surface area contributed by atoms with Gasteiger partial charge in [-0.05, 0) is 56.3 Å². The molecule has 0 spiro atoms. The summed E-state index contributed by atoms with van der Waals surface area (Å²) in [6, 6.07) is 0. The Morgan fingerprint density at radius 1 is 1.20 bits per heavy atom. The molecular weight excluding hydrogens is 232 g/mol. The lowest BCUT2D eigenvalue weighted by molar-refractivity contribution is 0.306. The van der Waals surface area contributed by atoms with Gasteiger partial charge >= 0.3 is 0 Å². The number of rotatable bonds is 3. The first-order valence-electron chi connectivity index (χ1n) is 5.94. The van der Waals surface area contributed by atoms with Gasteiger partial charge in [0, 0.05) is 10.7 Å². The van der Waals surface area contributed by atoms with Crippen LogP contribution in [-0.2, 0) is 9.05 Å². The van der Waals surface area contributed by atoms with Crippen LogP contribution in [0.25, 0.3) is 0 Å². The van der Waals surface area contributed by atoms with Gasteiger partial charge in [0.15, 0.2) is 0 Å². The standard InChI is InChI=1S/C11H17ClO2S/c12-15(13,14)11(3-4-11)7-10-6-8-1-2-9(10)5-8/h8-10H,1-7H2. The zero-order chi connectivity index (χ0) is 10.7. The maximum absolute atomic E-state index is 11.5. The van der Waals surface area contributed by atoms with Crippen LogP contribution in [0.1, 0.15) is 44.9 Å². The summed E-state index contributed by atoms with van der Waals surface area (Å²) in [5, 5.41) is 0. The van der Waals surface area contributed by atoms with E-state index in [4.69, 9.17) is 10.7 Å². The molecule has 3 saturated carbocycles. The number of fused-ring (bicyclic) bond motifs is 2. The molecule has 3 aliphatic carbocycles. The molecule has 2 nitrogen and oxygen atoms in total. The SMILES string of the molecule is O=S(=O)(Cl)C1(CC2CC3CCC2C3)CC1. The van der Waals surface area contributed by atoms with Crippen molar-refractivity contribution in [3.63, 3.8) is 0 Å². The van der Waals surface area contributed by atoms with E-state index in [-0.39, 0.29) is 0 Å². The van der Waals surface area contributed by atoms with Crippen molar-refractivity contribution in [1.82, 2.24) is 0 Å². The van der Waals surface area contributed by atoms with Crippen molar-refractivity contribution in [2.24, 2.45) is 17.8 Å². The van der Waals surface area contributed by atoms with E-state index in [1.165, 1.54) is 25.7 Å². The van der Waals surface area contributed by atoms with Crippen LogP contribution < -0.4 is 0 Å². The molecule has 3 fully saturated rings. The average molecular weight is 249 g/mol. The highest BCUT2D eigenvalue weighted by molar-refractivity contribution is 8.15. The zero-order valence-corrected chi connectivity index (χ0v) is 10.4. The van der Waals surface area contributed by atoms with Gasteiger partial charge in [-0.1, -0.05) is 6.42 Å². The van der Waals surface area contributed by atoms with Crippen LogP contribution in [0.2, 0.25) is 0 Å². The Kier molecular flexibility index (Phi) is 2.17. The summed E-state index contributed by atoms with van der Waals surface area (Å²) in [6.45, 7) is 0. The van der Waals surface area contributed by atoms with Crippen molar-refractivity contribution in [2.45, 2.75) is 49.7 Å². The van der Waals surface area contributed by atoms with Crippen LogP contribution in [0.15, 0.2) is 0 Å². The van der Waals surface area contributed by atoms with Gasteiger partial charge in [-0.3, -0.25) is 0 Å². The van der Waals surface area contributed by atoms with Crippen molar-refractivity contribution < 1.29 is 8.42 Å². The molecule has 0 aromatic carbocycles. The van der Waals surface area contributed by atoms with Crippen LogP contribution >= 0.6 is 10.7 Å². The first kappa shape index (κ1) is 10.4. The minimum absolute atomic E-state index is 0.510. The van der Waals surface area contributed by atoms with Crippen LogP contribution in [0, 0.1) is 17.8 Å². The van der Waals surface area contributed by atoms with Gasteiger partial charge in [0.05, 0.1) is 4.75 Å². The van der Waals surface area contributed by atoms with Gasteiger partial charge in [0.2, 0.25) is 9.05 Å². The van der Waals surface area contributed by atoms with Crippen LogP contribution in [0.5, 0.6) is 0 Å². The molecule has 0 amide bonds. The molecule has 0 aromatic heterocycles. The fraction of sp³-hybridized carbons (Fsp3) is 1.00. The fourth-order valence-corrected chi connectivity index (χ4v) is 5.45. The number of hydrogen-bond acceptors (Lipinski definition) is 2. The summed E-state index contributed by atoms with van der Waals surface area (Å²) < 4.78 is 22.4. The lowest BCUT2D eigenvalue weighted by atomic mass is 9.85. The van der Waals surface area contributed by atoms with E-state index < -0.39 is 13.8 Å². The van der Waals surface area contributed by atoms with Crippen LogP contribution in [0.4, 0.5) is 0 Å². The molecule has 0 radical (unpaired) electrons. The molecular formula is C11H17ClO2S. The minimum Gasteiger partial charge on any atom is -0.212 e. The molecule has 0 saturated heterocycles. The zero-order valence-electron chi connectivity index (χ0n) is 8.78. The van der Waals surface area contributed by atoms with Crippen LogP contribution in [-0.4, -0.2) is 13.2 Å². The van der Waals surface area contributed by atoms with Gasteiger partial charge in [0.1, 0.15) is 0 Å². The third-order valence-electron chi connectivity index (χ3n) is 4.84. The molecule has 3 aliphatic rings. The van der Waals surface area contributed by atoms with Gasteiger partial charge < -0.3 is 0 Å². The molecule has 4 heteroatoms. The Morgan fingerprint density at radius 2 is 1.93 bits per heavy atom. The predicted octanol–water partition coefficient (Wildman–Crippen LogP) is 2.91. The Balaban J connectivity index is 1.72. The Bertz CT molecular complexity index is 372. The van der Waals surface area contributed by atoms with Gasteiger partial charge in [0.25, 0.3) is 0 Å². The van der Waals surface area contributed by atoms with Gasteiger partial charge in [-0.15, -0.1) is 0 Å². The van der Waals surface area contributed by atoms with Crippen molar-refractivity contribution in [2.75, 3.05) is 0 Å². The minimum atomic E-state index is -3.32. The highest BCUT2D eigenvalue weighted by atomic mass is 35.7. The van der Waals surface area contributed by atoms with Crippen molar-refractivity contribution in [3.8, 4) is 0 Å². The van der Waals surface area contributed by atoms with Gasteiger partial charge in [-0.25, -0.2) is 8.42 Å². The summed E-state index contributed by atoms with van der Waals surface area (Å²) in [5.41, 5.74) is 0. The second-order valence-electron chi connectivity index (χ2n) is 5.76. The average Bonchev–Trinajstić information content (AvgIpc) is 2.67. The van der Waals surface area contributed by atoms with Crippen molar-refractivity contribution >= 4 is 19.7 Å². The summed E-state index contributed by atoms with van der Waals surface area (Å²) in [6.07, 6.45) is 7.76. The highest BCUT2D eigenvalue weighted by Crippen LogP contribution is 2.57. The quantitative estimate of drug-likeness (QED) is 0.720. The largest absolute Gasteiger partial charge is 0.238 e. The molecule has 0 aliphatic heterocycles. The molecule has 86 valence electrons. The molecule has 3 atom stereocenters. The van der Waals surface area contributed by atoms with Crippen LogP contribution in [0.3, 0.4) is 0 Å². The number of hydrogen-bond donors (Lipinski definition) is 0. The maximum atomic E-state index is 11.5. The van der Waals surface area contributed by atoms with E-state index >= 15 is 0 Å². The monoisotopic (exact) mass is 248 g/mol. The summed E-state index contributed by atoms with van der Waals surface area (Å²) in [4.78, 5) is 0. The Labute approximate surface area is 95.8 Å². The summed E-state index contributed by atoms with van der Waals surface area (Å²) in [7, 11) is 2.22. The molecule has 0 aromatic rings. The van der Waals surface area contributed by atoms with Gasteiger partial charge in [-0.2, -0.15) is 0 Å². The van der Waals surface area contributed by atoms with E-state index in [0.29, 0.717) is 5.92 Å².